The van der Waals surface area contributed by atoms with Gasteiger partial charge in [0.15, 0.2) is 5.96 Å². The summed E-state index contributed by atoms with van der Waals surface area (Å²) in [7, 11) is 1.71. The zero-order chi connectivity index (χ0) is 22.9. The molecule has 2 N–H and O–H groups in total. The molecule has 0 radical (unpaired) electrons. The van der Waals surface area contributed by atoms with Crippen molar-refractivity contribution in [1.29, 1.82) is 0 Å². The molecule has 0 bridgehead atoms. The van der Waals surface area contributed by atoms with Gasteiger partial charge in [-0.3, -0.25) is 0 Å². The number of ether oxygens (including phenoxy) is 1. The number of guanidine groups is 1. The molecule has 0 spiro atoms. The Hall–Kier alpha value is -3.61. The Balaban J connectivity index is 1.40. The molecule has 0 aliphatic carbocycles. The molecule has 1 fully saturated rings. The van der Waals surface area contributed by atoms with Crippen molar-refractivity contribution < 1.29 is 4.74 Å². The highest BCUT2D eigenvalue weighted by Gasteiger charge is 2.25. The Morgan fingerprint density at radius 1 is 1.09 bits per heavy atom. The summed E-state index contributed by atoms with van der Waals surface area (Å²) in [6.07, 6.45) is 5.43. The summed E-state index contributed by atoms with van der Waals surface area (Å²) < 4.78 is 5.42. The van der Waals surface area contributed by atoms with E-state index in [1.807, 2.05) is 12.1 Å². The molecule has 172 valence electrons. The Morgan fingerprint density at radius 3 is 2.70 bits per heavy atom. The lowest BCUT2D eigenvalue weighted by atomic mass is 10.1. The van der Waals surface area contributed by atoms with Crippen LogP contribution in [0.4, 0.5) is 5.95 Å². The van der Waals surface area contributed by atoms with E-state index in [4.69, 9.17) is 9.73 Å². The second-order valence-corrected chi connectivity index (χ2v) is 8.31. The van der Waals surface area contributed by atoms with Gasteiger partial charge in [-0.1, -0.05) is 36.4 Å². The molecule has 7 nitrogen and oxygen atoms in total. The van der Waals surface area contributed by atoms with E-state index in [1.54, 1.807) is 19.5 Å². The van der Waals surface area contributed by atoms with Crippen LogP contribution in [0.25, 0.3) is 0 Å². The predicted molar refractivity (Wildman–Crippen MR) is 133 cm³/mol. The lowest BCUT2D eigenvalue weighted by molar-refractivity contribution is 0.414. The van der Waals surface area contributed by atoms with Crippen LogP contribution in [0.15, 0.2) is 72.0 Å². The maximum Gasteiger partial charge on any atom is 0.222 e. The zero-order valence-electron chi connectivity index (χ0n) is 19.4. The van der Waals surface area contributed by atoms with E-state index in [9.17, 15) is 0 Å². The highest BCUT2D eigenvalue weighted by molar-refractivity contribution is 5.80. The number of nitrogens with one attached hydrogen (secondary N) is 2. The van der Waals surface area contributed by atoms with Crippen molar-refractivity contribution in [3.8, 4) is 5.75 Å². The molecule has 1 saturated heterocycles. The lowest BCUT2D eigenvalue weighted by Gasteiger charge is -2.22. The number of aromatic nitrogens is 2. The van der Waals surface area contributed by atoms with Gasteiger partial charge in [-0.25, -0.2) is 15.0 Å². The van der Waals surface area contributed by atoms with Crippen molar-refractivity contribution in [3.63, 3.8) is 0 Å². The summed E-state index contributed by atoms with van der Waals surface area (Å²) in [6.45, 7) is 5.34. The van der Waals surface area contributed by atoms with Crippen molar-refractivity contribution in [1.82, 2.24) is 20.2 Å². The first-order valence-electron chi connectivity index (χ1n) is 11.4. The minimum atomic E-state index is 0.289. The highest BCUT2D eigenvalue weighted by Crippen LogP contribution is 2.17. The number of hydrogen-bond acceptors (Lipinski definition) is 5. The van der Waals surface area contributed by atoms with E-state index < -0.39 is 0 Å². The molecule has 0 amide bonds. The smallest absolute Gasteiger partial charge is 0.222 e. The van der Waals surface area contributed by atoms with Crippen LogP contribution in [0.1, 0.15) is 23.1 Å². The van der Waals surface area contributed by atoms with E-state index in [1.165, 1.54) is 16.7 Å². The van der Waals surface area contributed by atoms with Gasteiger partial charge in [-0.05, 0) is 54.7 Å². The maximum absolute atomic E-state index is 5.42. The standard InChI is InChI=1S/C26H32N6O/c1-20-15-22(17-24(16-20)33-2)9-13-29-26(30-18-21-7-4-3-5-8-21)32-14-10-23(19-32)31-25-27-11-6-12-28-25/h3-8,11-12,15-17,23H,9-10,13-14,18-19H2,1-2H3,(H,29,30)(H,27,28,31). The zero-order valence-corrected chi connectivity index (χ0v) is 19.4. The summed E-state index contributed by atoms with van der Waals surface area (Å²) in [5.74, 6) is 2.52. The van der Waals surface area contributed by atoms with Crippen LogP contribution in [0, 0.1) is 6.92 Å². The molecule has 1 aliphatic rings. The van der Waals surface area contributed by atoms with E-state index in [-0.39, 0.29) is 6.04 Å². The maximum atomic E-state index is 5.42. The van der Waals surface area contributed by atoms with Gasteiger partial charge in [0.05, 0.1) is 13.7 Å². The summed E-state index contributed by atoms with van der Waals surface area (Å²) >= 11 is 0. The molecule has 4 rings (SSSR count). The first-order valence-corrected chi connectivity index (χ1v) is 11.4. The van der Waals surface area contributed by atoms with E-state index in [0.717, 1.165) is 44.2 Å². The lowest BCUT2D eigenvalue weighted by Crippen LogP contribution is -2.42. The molecule has 3 aromatic rings. The molecule has 7 heteroatoms. The minimum absolute atomic E-state index is 0.289. The average Bonchev–Trinajstić information content (AvgIpc) is 3.30. The number of hydrogen-bond donors (Lipinski definition) is 2. The van der Waals surface area contributed by atoms with Gasteiger partial charge < -0.3 is 20.3 Å². The third kappa shape index (κ3) is 6.68. The molecule has 2 aromatic carbocycles. The number of methoxy groups -OCH3 is 1. The van der Waals surface area contributed by atoms with Crippen LogP contribution in [0.2, 0.25) is 0 Å². The third-order valence-corrected chi connectivity index (χ3v) is 5.68. The average molecular weight is 445 g/mol. The number of likely N-dealkylation sites (tertiary alicyclic amines) is 1. The molecule has 1 aliphatic heterocycles. The van der Waals surface area contributed by atoms with Crippen LogP contribution < -0.4 is 15.4 Å². The summed E-state index contributed by atoms with van der Waals surface area (Å²) in [5, 5.41) is 7.04. The van der Waals surface area contributed by atoms with Gasteiger partial charge in [0.25, 0.3) is 0 Å². The molecule has 1 atom stereocenters. The van der Waals surface area contributed by atoms with Crippen LogP contribution in [0.3, 0.4) is 0 Å². The Kier molecular flexibility index (Phi) is 7.74. The number of rotatable bonds is 8. The number of benzene rings is 2. The number of aliphatic imine (C=N–C) groups is 1. The van der Waals surface area contributed by atoms with Crippen molar-refractivity contribution in [2.75, 3.05) is 32.1 Å². The molecule has 33 heavy (non-hydrogen) atoms. The third-order valence-electron chi connectivity index (χ3n) is 5.68. The highest BCUT2D eigenvalue weighted by atomic mass is 16.5. The van der Waals surface area contributed by atoms with E-state index in [2.05, 4.69) is 74.9 Å². The molecule has 2 heterocycles. The Labute approximate surface area is 195 Å². The van der Waals surface area contributed by atoms with Crippen LogP contribution >= 0.6 is 0 Å². The Morgan fingerprint density at radius 2 is 1.91 bits per heavy atom. The molecule has 0 saturated carbocycles. The largest absolute Gasteiger partial charge is 0.497 e. The van der Waals surface area contributed by atoms with Gasteiger partial charge in [0, 0.05) is 38.1 Å². The molecule has 1 unspecified atom stereocenters. The van der Waals surface area contributed by atoms with Crippen LogP contribution in [-0.4, -0.2) is 53.6 Å². The van der Waals surface area contributed by atoms with Gasteiger partial charge in [-0.2, -0.15) is 0 Å². The number of nitrogens with zero attached hydrogens (tertiary/aromatic N) is 4. The molecule has 1 aromatic heterocycles. The van der Waals surface area contributed by atoms with Gasteiger partial charge in [-0.15, -0.1) is 0 Å². The summed E-state index contributed by atoms with van der Waals surface area (Å²) in [6, 6.07) is 18.8. The first kappa shape index (κ1) is 22.6. The summed E-state index contributed by atoms with van der Waals surface area (Å²) in [5.41, 5.74) is 3.66. The van der Waals surface area contributed by atoms with E-state index >= 15 is 0 Å². The molecular formula is C26H32N6O. The van der Waals surface area contributed by atoms with E-state index in [0.29, 0.717) is 12.5 Å². The van der Waals surface area contributed by atoms with Crippen molar-refractivity contribution in [2.24, 2.45) is 4.99 Å². The second kappa shape index (κ2) is 11.3. The van der Waals surface area contributed by atoms with Gasteiger partial charge >= 0.3 is 0 Å². The van der Waals surface area contributed by atoms with Crippen LogP contribution in [0.5, 0.6) is 5.75 Å². The Bertz CT molecular complexity index is 1040. The van der Waals surface area contributed by atoms with Crippen molar-refractivity contribution in [3.05, 3.63) is 83.7 Å². The van der Waals surface area contributed by atoms with Gasteiger partial charge in [0.2, 0.25) is 5.95 Å². The fraction of sp³-hybridized carbons (Fsp3) is 0.346. The predicted octanol–water partition coefficient (Wildman–Crippen LogP) is 3.67. The fourth-order valence-electron chi connectivity index (χ4n) is 4.05. The molecular weight excluding hydrogens is 412 g/mol. The topological polar surface area (TPSA) is 74.7 Å². The first-order chi connectivity index (χ1) is 16.2. The SMILES string of the molecule is COc1cc(C)cc(CCNC(=NCc2ccccc2)N2CCC(Nc3ncccn3)C2)c1. The van der Waals surface area contributed by atoms with Gasteiger partial charge in [0.1, 0.15) is 5.75 Å². The fourth-order valence-corrected chi connectivity index (χ4v) is 4.05. The number of anilines is 1. The quantitative estimate of drug-likeness (QED) is 0.408. The second-order valence-electron chi connectivity index (χ2n) is 8.31. The normalized spacial score (nSPS) is 16.0. The monoisotopic (exact) mass is 444 g/mol. The summed E-state index contributed by atoms with van der Waals surface area (Å²) in [4.78, 5) is 15.9. The number of aryl methyl sites for hydroxylation is 1. The van der Waals surface area contributed by atoms with Crippen LogP contribution in [-0.2, 0) is 13.0 Å². The van der Waals surface area contributed by atoms with Crippen molar-refractivity contribution in [2.45, 2.75) is 32.4 Å². The van der Waals surface area contributed by atoms with Crippen molar-refractivity contribution >= 4 is 11.9 Å². The minimum Gasteiger partial charge on any atom is -0.497 e.